The largest absolute Gasteiger partial charge is 0.380 e. The normalized spacial score (nSPS) is 12.5. The van der Waals surface area contributed by atoms with Crippen LogP contribution < -0.4 is 5.73 Å². The van der Waals surface area contributed by atoms with Crippen LogP contribution in [0.2, 0.25) is 0 Å². The lowest BCUT2D eigenvalue weighted by molar-refractivity contribution is 0.221. The highest BCUT2D eigenvalue weighted by atomic mass is 16.5. The minimum absolute atomic E-state index is 0.124. The van der Waals surface area contributed by atoms with Crippen LogP contribution >= 0.6 is 0 Å². The molecule has 0 unspecified atom stereocenters. The summed E-state index contributed by atoms with van der Waals surface area (Å²) in [4.78, 5) is 0. The quantitative estimate of drug-likeness (QED) is 0.713. The van der Waals surface area contributed by atoms with E-state index in [0.29, 0.717) is 6.61 Å². The lowest BCUT2D eigenvalue weighted by Crippen LogP contribution is -2.15. The zero-order chi connectivity index (χ0) is 9.68. The molecule has 0 aliphatic rings. The maximum absolute atomic E-state index is 5.95. The Kier molecular flexibility index (Phi) is 3.68. The molecule has 0 radical (unpaired) electrons. The molecule has 2 nitrogen and oxygen atoms in total. The molecule has 0 aliphatic carbocycles. The number of rotatable bonds is 4. The molecular weight excluding hydrogens is 162 g/mol. The summed E-state index contributed by atoms with van der Waals surface area (Å²) in [6.45, 7) is 4.38. The van der Waals surface area contributed by atoms with Gasteiger partial charge in [0, 0.05) is 7.11 Å². The Hall–Kier alpha value is -1.12. The van der Waals surface area contributed by atoms with E-state index in [0.717, 1.165) is 11.1 Å². The molecule has 0 fully saturated rings. The first kappa shape index (κ1) is 9.96. The lowest BCUT2D eigenvalue weighted by atomic mass is 10.0. The van der Waals surface area contributed by atoms with Gasteiger partial charge < -0.3 is 10.5 Å². The second kappa shape index (κ2) is 4.80. The summed E-state index contributed by atoms with van der Waals surface area (Å²) in [6.07, 6.45) is 0. The van der Waals surface area contributed by atoms with Gasteiger partial charge >= 0.3 is 0 Å². The van der Waals surface area contributed by atoms with Crippen LogP contribution in [-0.4, -0.2) is 13.7 Å². The molecule has 0 heterocycles. The van der Waals surface area contributed by atoms with E-state index in [1.165, 1.54) is 0 Å². The second-order valence-corrected chi connectivity index (χ2v) is 2.98. The molecule has 2 heteroatoms. The van der Waals surface area contributed by atoms with Crippen LogP contribution in [0.15, 0.2) is 42.5 Å². The van der Waals surface area contributed by atoms with E-state index in [2.05, 4.69) is 6.58 Å². The molecule has 0 aliphatic heterocycles. The summed E-state index contributed by atoms with van der Waals surface area (Å²) in [6, 6.07) is 9.76. The van der Waals surface area contributed by atoms with Crippen LogP contribution in [-0.2, 0) is 4.74 Å². The van der Waals surface area contributed by atoms with Gasteiger partial charge in [0.05, 0.1) is 12.6 Å². The molecule has 13 heavy (non-hydrogen) atoms. The van der Waals surface area contributed by atoms with Crippen molar-refractivity contribution in [3.8, 4) is 0 Å². The number of hydrogen-bond acceptors (Lipinski definition) is 2. The minimum atomic E-state index is -0.124. The van der Waals surface area contributed by atoms with Crippen LogP contribution in [0.4, 0.5) is 0 Å². The Bertz CT molecular complexity index is 269. The number of methoxy groups -OCH3 is 1. The highest BCUT2D eigenvalue weighted by molar-refractivity contribution is 5.26. The SMILES string of the molecule is C=C(COC)[C@@H](N)c1ccccc1. The van der Waals surface area contributed by atoms with Crippen molar-refractivity contribution in [2.45, 2.75) is 6.04 Å². The van der Waals surface area contributed by atoms with E-state index >= 15 is 0 Å². The topological polar surface area (TPSA) is 35.2 Å². The summed E-state index contributed by atoms with van der Waals surface area (Å²) in [5.41, 5.74) is 7.92. The van der Waals surface area contributed by atoms with Gasteiger partial charge in [0.15, 0.2) is 0 Å². The Balaban J connectivity index is 2.68. The minimum Gasteiger partial charge on any atom is -0.380 e. The first-order chi connectivity index (χ1) is 6.25. The molecule has 0 saturated heterocycles. The van der Waals surface area contributed by atoms with Gasteiger partial charge in [-0.05, 0) is 11.1 Å². The molecule has 0 saturated carbocycles. The molecule has 1 atom stereocenters. The zero-order valence-electron chi connectivity index (χ0n) is 7.86. The zero-order valence-corrected chi connectivity index (χ0v) is 7.86. The smallest absolute Gasteiger partial charge is 0.0688 e. The van der Waals surface area contributed by atoms with Gasteiger partial charge in [-0.2, -0.15) is 0 Å². The summed E-state index contributed by atoms with van der Waals surface area (Å²) < 4.78 is 4.97. The molecule has 1 aromatic carbocycles. The molecular formula is C11H15NO. The van der Waals surface area contributed by atoms with Crippen LogP contribution in [0.1, 0.15) is 11.6 Å². The second-order valence-electron chi connectivity index (χ2n) is 2.98. The fraction of sp³-hybridized carbons (Fsp3) is 0.273. The van der Waals surface area contributed by atoms with Crippen LogP contribution in [0, 0.1) is 0 Å². The van der Waals surface area contributed by atoms with Crippen molar-refractivity contribution in [2.24, 2.45) is 5.73 Å². The average Bonchev–Trinajstić information content (AvgIpc) is 2.18. The van der Waals surface area contributed by atoms with E-state index in [1.807, 2.05) is 30.3 Å². The highest BCUT2D eigenvalue weighted by Crippen LogP contribution is 2.16. The van der Waals surface area contributed by atoms with Crippen molar-refractivity contribution in [3.63, 3.8) is 0 Å². The van der Waals surface area contributed by atoms with Crippen molar-refractivity contribution in [2.75, 3.05) is 13.7 Å². The standard InChI is InChI=1S/C11H15NO/c1-9(8-13-2)11(12)10-6-4-3-5-7-10/h3-7,11H,1,8,12H2,2H3/t11-/m1/s1. The van der Waals surface area contributed by atoms with Crippen molar-refractivity contribution in [3.05, 3.63) is 48.0 Å². The van der Waals surface area contributed by atoms with Crippen molar-refractivity contribution >= 4 is 0 Å². The number of ether oxygens (including phenoxy) is 1. The molecule has 2 N–H and O–H groups in total. The predicted octanol–water partition coefficient (Wildman–Crippen LogP) is 1.89. The van der Waals surface area contributed by atoms with Gasteiger partial charge in [-0.25, -0.2) is 0 Å². The molecule has 70 valence electrons. The third kappa shape index (κ3) is 2.68. The maximum atomic E-state index is 5.95. The van der Waals surface area contributed by atoms with E-state index in [1.54, 1.807) is 7.11 Å². The summed E-state index contributed by atoms with van der Waals surface area (Å²) in [7, 11) is 1.64. The first-order valence-corrected chi connectivity index (χ1v) is 4.23. The fourth-order valence-electron chi connectivity index (χ4n) is 1.17. The Morgan fingerprint density at radius 1 is 1.46 bits per heavy atom. The average molecular weight is 177 g/mol. The van der Waals surface area contributed by atoms with E-state index in [9.17, 15) is 0 Å². The molecule has 1 aromatic rings. The van der Waals surface area contributed by atoms with Crippen LogP contribution in [0.5, 0.6) is 0 Å². The van der Waals surface area contributed by atoms with Gasteiger partial charge in [-0.1, -0.05) is 36.9 Å². The maximum Gasteiger partial charge on any atom is 0.0688 e. The Labute approximate surface area is 79.0 Å². The van der Waals surface area contributed by atoms with Gasteiger partial charge in [0.25, 0.3) is 0 Å². The first-order valence-electron chi connectivity index (χ1n) is 4.23. The monoisotopic (exact) mass is 177 g/mol. The lowest BCUT2D eigenvalue weighted by Gasteiger charge is -2.14. The van der Waals surface area contributed by atoms with E-state index in [4.69, 9.17) is 10.5 Å². The molecule has 0 amide bonds. The predicted molar refractivity (Wildman–Crippen MR) is 54.4 cm³/mol. The number of hydrogen-bond donors (Lipinski definition) is 1. The van der Waals surface area contributed by atoms with E-state index in [-0.39, 0.29) is 6.04 Å². The number of nitrogens with two attached hydrogens (primary N) is 1. The third-order valence-corrected chi connectivity index (χ3v) is 1.93. The summed E-state index contributed by atoms with van der Waals surface area (Å²) in [5.74, 6) is 0. The van der Waals surface area contributed by atoms with Crippen LogP contribution in [0.25, 0.3) is 0 Å². The third-order valence-electron chi connectivity index (χ3n) is 1.93. The van der Waals surface area contributed by atoms with Crippen molar-refractivity contribution in [1.29, 1.82) is 0 Å². The molecule has 0 spiro atoms. The summed E-state index contributed by atoms with van der Waals surface area (Å²) in [5, 5.41) is 0. The summed E-state index contributed by atoms with van der Waals surface area (Å²) >= 11 is 0. The van der Waals surface area contributed by atoms with Gasteiger partial charge in [0.1, 0.15) is 0 Å². The van der Waals surface area contributed by atoms with Crippen molar-refractivity contribution in [1.82, 2.24) is 0 Å². The Morgan fingerprint density at radius 2 is 2.08 bits per heavy atom. The molecule has 1 rings (SSSR count). The van der Waals surface area contributed by atoms with Gasteiger partial charge in [0.2, 0.25) is 0 Å². The Morgan fingerprint density at radius 3 is 2.62 bits per heavy atom. The van der Waals surface area contributed by atoms with Gasteiger partial charge in [-0.3, -0.25) is 0 Å². The van der Waals surface area contributed by atoms with Crippen LogP contribution in [0.3, 0.4) is 0 Å². The van der Waals surface area contributed by atoms with E-state index < -0.39 is 0 Å². The van der Waals surface area contributed by atoms with Gasteiger partial charge in [-0.15, -0.1) is 0 Å². The number of benzene rings is 1. The molecule has 0 bridgehead atoms. The molecule has 0 aromatic heterocycles. The fourth-order valence-corrected chi connectivity index (χ4v) is 1.17. The van der Waals surface area contributed by atoms with Crippen molar-refractivity contribution < 1.29 is 4.74 Å². The highest BCUT2D eigenvalue weighted by Gasteiger charge is 2.08.